The van der Waals surface area contributed by atoms with Crippen LogP contribution in [0.1, 0.15) is 273 Å². The second kappa shape index (κ2) is 64.2. The van der Waals surface area contributed by atoms with Crippen LogP contribution in [0.5, 0.6) is 0 Å². The minimum absolute atomic E-state index is 0.0222. The van der Waals surface area contributed by atoms with Gasteiger partial charge >= 0.3 is 51.2 Å². The van der Waals surface area contributed by atoms with Crippen molar-refractivity contribution in [2.24, 2.45) is 0 Å². The van der Waals surface area contributed by atoms with E-state index in [1.165, 1.54) is 193 Å². The summed E-state index contributed by atoms with van der Waals surface area (Å²) in [6.07, 6.45) is 63.0. The third-order valence-electron chi connectivity index (χ3n) is 11.3. The summed E-state index contributed by atoms with van der Waals surface area (Å²) in [5, 5.41) is 0. The molecule has 0 aliphatic rings. The average Bonchev–Trinajstić information content (AvgIpc) is 3.20. The number of rotatable bonds is 42. The van der Waals surface area contributed by atoms with Crippen LogP contribution >= 0.6 is 15.8 Å². The summed E-state index contributed by atoms with van der Waals surface area (Å²) in [7, 11) is -0.0444. The standard InChI is InChI=1S/2C24H51P.2O.2Sn.2H/c2*1-4-7-10-13-16-19-22-25(23-20-17-14-11-8-5-2)24-21-18-15-12-9-6-3;;;;;;/h2*4-24H2,1-3H3;;;;;;/p+2. The zero-order valence-corrected chi connectivity index (χ0v) is 47.3. The minimum atomic E-state index is -0.0222. The van der Waals surface area contributed by atoms with Crippen molar-refractivity contribution in [3.63, 3.8) is 0 Å². The van der Waals surface area contributed by atoms with E-state index in [0.29, 0.717) is 0 Å². The molecule has 0 aromatic rings. The van der Waals surface area contributed by atoms with Crippen molar-refractivity contribution < 1.29 is 6.15 Å². The monoisotopic (exact) mass is 1020 g/mol. The quantitative estimate of drug-likeness (QED) is 0.0347. The molecular formula is C48H106O2P2Sn2+2. The molecule has 54 heavy (non-hydrogen) atoms. The molecule has 0 unspecified atom stereocenters. The molecule has 2 nitrogen and oxygen atoms in total. The maximum atomic E-state index is 8.38. The molecule has 0 aromatic heterocycles. The van der Waals surface area contributed by atoms with Crippen LogP contribution in [-0.4, -0.2) is 82.0 Å². The molecule has 326 valence electrons. The van der Waals surface area contributed by atoms with E-state index in [-0.39, 0.29) is 60.9 Å². The second-order valence-corrected chi connectivity index (χ2v) is 22.6. The zero-order valence-electron chi connectivity index (χ0n) is 38.7. The molecule has 6 heteroatoms. The molecule has 0 saturated carbocycles. The molecule has 0 aliphatic carbocycles. The Morgan fingerprint density at radius 1 is 0.204 bits per heavy atom. The van der Waals surface area contributed by atoms with Gasteiger partial charge in [-0.15, -0.1) is 0 Å². The summed E-state index contributed by atoms with van der Waals surface area (Å²) in [6.45, 7) is 13.9. The van der Waals surface area contributed by atoms with E-state index in [4.69, 9.17) is 6.15 Å². The van der Waals surface area contributed by atoms with Gasteiger partial charge in [0.1, 0.15) is 0 Å². The first-order chi connectivity index (χ1) is 26.7. The van der Waals surface area contributed by atoms with Gasteiger partial charge in [0, 0.05) is 15.8 Å². The van der Waals surface area contributed by atoms with E-state index >= 15 is 0 Å². The number of hydrogen-bond donors (Lipinski definition) is 0. The summed E-state index contributed by atoms with van der Waals surface area (Å²) >= 11 is 0.200. The van der Waals surface area contributed by atoms with Crippen LogP contribution in [-0.2, 0) is 6.15 Å². The molecule has 0 spiro atoms. The predicted octanol–water partition coefficient (Wildman–Crippen LogP) is 17.0. The van der Waals surface area contributed by atoms with Crippen molar-refractivity contribution in [1.82, 2.24) is 0 Å². The van der Waals surface area contributed by atoms with Gasteiger partial charge < -0.3 is 0 Å². The zero-order chi connectivity index (χ0) is 40.9. The van der Waals surface area contributed by atoms with Gasteiger partial charge in [-0.2, -0.15) is 0 Å². The predicted molar refractivity (Wildman–Crippen MR) is 262 cm³/mol. The van der Waals surface area contributed by atoms with Gasteiger partial charge in [-0.25, -0.2) is 0 Å². The van der Waals surface area contributed by atoms with Crippen molar-refractivity contribution >= 4 is 60.9 Å². The molecule has 2 radical (unpaired) electrons. The van der Waals surface area contributed by atoms with Crippen LogP contribution in [0.15, 0.2) is 0 Å². The molecule has 0 aromatic carbocycles. The van der Waals surface area contributed by atoms with Crippen LogP contribution in [0.2, 0.25) is 0 Å². The third-order valence-corrected chi connectivity index (χ3v) is 17.7. The van der Waals surface area contributed by atoms with E-state index in [1.54, 1.807) is 75.5 Å². The first kappa shape index (κ1) is 62.7. The van der Waals surface area contributed by atoms with E-state index in [2.05, 4.69) is 41.5 Å². The molecule has 0 N–H and O–H groups in total. The number of unbranched alkanes of at least 4 members (excludes halogenated alkanes) is 30. The van der Waals surface area contributed by atoms with Crippen molar-refractivity contribution in [3.8, 4) is 0 Å². The van der Waals surface area contributed by atoms with Crippen LogP contribution in [0, 0.1) is 0 Å². The summed E-state index contributed by atoms with van der Waals surface area (Å²) in [4.78, 5) is 0. The van der Waals surface area contributed by atoms with Gasteiger partial charge in [0.25, 0.3) is 0 Å². The van der Waals surface area contributed by atoms with Crippen molar-refractivity contribution in [2.45, 2.75) is 273 Å². The maximum absolute atomic E-state index is 8.38. The molecule has 0 atom stereocenters. The van der Waals surface area contributed by atoms with Gasteiger partial charge in [0.15, 0.2) is 0 Å². The third kappa shape index (κ3) is 60.7. The van der Waals surface area contributed by atoms with E-state index in [0.717, 1.165) is 0 Å². The average molecular weight is 1010 g/mol. The van der Waals surface area contributed by atoms with E-state index < -0.39 is 0 Å². The van der Waals surface area contributed by atoms with E-state index in [9.17, 15) is 0 Å². The Bertz CT molecular complexity index is 475. The summed E-state index contributed by atoms with van der Waals surface area (Å²) in [5.41, 5.74) is 0. The molecule has 0 aliphatic heterocycles. The molecule has 0 amide bonds. The molecular weight excluding hydrogens is 908 g/mol. The fourth-order valence-electron chi connectivity index (χ4n) is 7.68. The van der Waals surface area contributed by atoms with Crippen molar-refractivity contribution in [1.29, 1.82) is 0 Å². The first-order valence-corrected chi connectivity index (χ1v) is 31.8. The number of hydrogen-bond acceptors (Lipinski definition) is 2. The summed E-state index contributed by atoms with van der Waals surface area (Å²) in [6, 6.07) is 0. The van der Waals surface area contributed by atoms with Crippen molar-refractivity contribution in [3.05, 3.63) is 0 Å². The Morgan fingerprint density at radius 3 is 0.444 bits per heavy atom. The molecule has 0 bridgehead atoms. The van der Waals surface area contributed by atoms with Crippen LogP contribution in [0.3, 0.4) is 0 Å². The fourth-order valence-corrected chi connectivity index (χ4v) is 13.7. The van der Waals surface area contributed by atoms with Gasteiger partial charge in [0.05, 0.1) is 37.0 Å². The topological polar surface area (TPSA) is 34.1 Å². The van der Waals surface area contributed by atoms with Crippen molar-refractivity contribution in [2.75, 3.05) is 37.0 Å². The molecule has 0 heterocycles. The van der Waals surface area contributed by atoms with Gasteiger partial charge in [-0.05, 0) is 77.0 Å². The Hall–Kier alpha value is 2.06. The Labute approximate surface area is 373 Å². The van der Waals surface area contributed by atoms with Crippen LogP contribution < -0.4 is 0 Å². The summed E-state index contributed by atoms with van der Waals surface area (Å²) in [5.74, 6) is 0. The Morgan fingerprint density at radius 2 is 0.315 bits per heavy atom. The van der Waals surface area contributed by atoms with E-state index in [1.807, 2.05) is 0 Å². The fraction of sp³-hybridized carbons (Fsp3) is 1.00. The van der Waals surface area contributed by atoms with Gasteiger partial charge in [0.2, 0.25) is 0 Å². The van der Waals surface area contributed by atoms with Gasteiger partial charge in [-0.1, -0.05) is 196 Å². The SMILES string of the molecule is CCCCCCCC[PH+](CCCCCCCC)CCCCCCCC.CCCCCCCC[PH+](CCCCCCCC)CCCCCCCC.[O]=[SnH].[O]=[SnH]. The van der Waals surface area contributed by atoms with Crippen LogP contribution in [0.4, 0.5) is 0 Å². The van der Waals surface area contributed by atoms with Crippen LogP contribution in [0.25, 0.3) is 0 Å². The van der Waals surface area contributed by atoms with Gasteiger partial charge in [-0.3, -0.25) is 0 Å². The molecule has 0 saturated heterocycles. The summed E-state index contributed by atoms with van der Waals surface area (Å²) < 4.78 is 16.8. The second-order valence-electron chi connectivity index (χ2n) is 16.6. The normalized spacial score (nSPS) is 10.8. The molecule has 0 rings (SSSR count). The first-order valence-electron chi connectivity index (χ1n) is 24.8. The molecule has 0 fully saturated rings. The Balaban J connectivity index is -0.000000423. The Kier molecular flexibility index (Phi) is 74.6.